The van der Waals surface area contributed by atoms with Gasteiger partial charge in [0.1, 0.15) is 0 Å². The van der Waals surface area contributed by atoms with Gasteiger partial charge in [0.05, 0.1) is 17.7 Å². The van der Waals surface area contributed by atoms with Crippen LogP contribution in [0, 0.1) is 0 Å². The number of imide groups is 1. The molecule has 2 heterocycles. The molecule has 0 saturated carbocycles. The molecule has 1 N–H and O–H groups in total. The molecular weight excluding hydrogens is 360 g/mol. The first-order valence-corrected chi connectivity index (χ1v) is 9.25. The molecule has 0 aliphatic carbocycles. The topological polar surface area (TPSA) is 84.9 Å². The van der Waals surface area contributed by atoms with E-state index in [2.05, 4.69) is 5.48 Å². The van der Waals surface area contributed by atoms with Crippen LogP contribution in [-0.4, -0.2) is 35.5 Å². The highest BCUT2D eigenvalue weighted by molar-refractivity contribution is 6.21. The maximum atomic E-state index is 12.4. The van der Waals surface area contributed by atoms with Crippen molar-refractivity contribution in [1.82, 2.24) is 10.4 Å². The van der Waals surface area contributed by atoms with Gasteiger partial charge in [-0.1, -0.05) is 24.3 Å². The van der Waals surface area contributed by atoms with Crippen molar-refractivity contribution in [3.63, 3.8) is 0 Å². The van der Waals surface area contributed by atoms with Crippen LogP contribution in [-0.2, 0) is 16.1 Å². The Morgan fingerprint density at radius 3 is 2.32 bits per heavy atom. The number of nitrogens with one attached hydrogen (secondary N) is 1. The molecular formula is C21H20N2O5. The van der Waals surface area contributed by atoms with E-state index in [1.807, 2.05) is 0 Å². The number of benzene rings is 2. The van der Waals surface area contributed by atoms with E-state index in [9.17, 15) is 14.4 Å². The highest BCUT2D eigenvalue weighted by Gasteiger charge is 2.34. The molecule has 1 atom stereocenters. The van der Waals surface area contributed by atoms with Crippen LogP contribution in [0.15, 0.2) is 48.5 Å². The number of rotatable bonds is 5. The highest BCUT2D eigenvalue weighted by atomic mass is 16.8. The van der Waals surface area contributed by atoms with Crippen molar-refractivity contribution in [3.8, 4) is 0 Å². The molecule has 28 heavy (non-hydrogen) atoms. The van der Waals surface area contributed by atoms with Crippen molar-refractivity contribution in [2.75, 3.05) is 6.61 Å². The summed E-state index contributed by atoms with van der Waals surface area (Å²) in [7, 11) is 0. The number of hydrogen-bond acceptors (Lipinski definition) is 5. The lowest BCUT2D eigenvalue weighted by Gasteiger charge is -2.22. The third-order valence-electron chi connectivity index (χ3n) is 4.86. The Morgan fingerprint density at radius 2 is 1.71 bits per heavy atom. The average molecular weight is 380 g/mol. The zero-order valence-corrected chi connectivity index (χ0v) is 15.2. The fourth-order valence-electron chi connectivity index (χ4n) is 3.31. The van der Waals surface area contributed by atoms with Crippen LogP contribution in [0.3, 0.4) is 0 Å². The Morgan fingerprint density at radius 1 is 1.04 bits per heavy atom. The lowest BCUT2D eigenvalue weighted by atomic mass is 10.1. The third-order valence-corrected chi connectivity index (χ3v) is 4.86. The number of fused-ring (bicyclic) bond motifs is 1. The molecule has 1 unspecified atom stereocenters. The molecule has 144 valence electrons. The molecule has 3 amide bonds. The van der Waals surface area contributed by atoms with Gasteiger partial charge in [0.15, 0.2) is 6.29 Å². The van der Waals surface area contributed by atoms with E-state index in [-0.39, 0.29) is 24.3 Å². The number of hydroxylamine groups is 1. The third kappa shape index (κ3) is 3.67. The summed E-state index contributed by atoms with van der Waals surface area (Å²) in [5.41, 5.74) is 4.42. The molecule has 2 aliphatic heterocycles. The normalized spacial score (nSPS) is 18.9. The number of ether oxygens (including phenoxy) is 1. The van der Waals surface area contributed by atoms with Crippen molar-refractivity contribution >= 4 is 17.7 Å². The maximum absolute atomic E-state index is 12.4. The number of nitrogens with zero attached hydrogens (tertiary/aromatic N) is 1. The molecule has 0 aromatic heterocycles. The number of carbonyl (C=O) groups is 3. The maximum Gasteiger partial charge on any atom is 0.274 e. The summed E-state index contributed by atoms with van der Waals surface area (Å²) in [5.74, 6) is -0.979. The minimum atomic E-state index is -0.411. The van der Waals surface area contributed by atoms with Gasteiger partial charge in [0, 0.05) is 18.6 Å². The summed E-state index contributed by atoms with van der Waals surface area (Å²) in [5, 5.41) is 0. The van der Waals surface area contributed by atoms with Crippen LogP contribution in [0.25, 0.3) is 0 Å². The molecule has 4 rings (SSSR count). The second-order valence-corrected chi connectivity index (χ2v) is 6.78. The van der Waals surface area contributed by atoms with Gasteiger partial charge >= 0.3 is 0 Å². The van der Waals surface area contributed by atoms with Gasteiger partial charge in [-0.05, 0) is 42.7 Å². The lowest BCUT2D eigenvalue weighted by molar-refractivity contribution is -0.186. The Kier molecular flexibility index (Phi) is 5.18. The largest absolute Gasteiger partial charge is 0.350 e. The van der Waals surface area contributed by atoms with Gasteiger partial charge in [-0.2, -0.15) is 0 Å². The fraction of sp³-hybridized carbons (Fsp3) is 0.286. The van der Waals surface area contributed by atoms with Gasteiger partial charge in [0.2, 0.25) is 0 Å². The lowest BCUT2D eigenvalue weighted by Crippen LogP contribution is -2.33. The van der Waals surface area contributed by atoms with Crippen LogP contribution in [0.2, 0.25) is 0 Å². The van der Waals surface area contributed by atoms with Gasteiger partial charge in [-0.15, -0.1) is 0 Å². The summed E-state index contributed by atoms with van der Waals surface area (Å²) in [6.07, 6.45) is 2.35. The van der Waals surface area contributed by atoms with Crippen molar-refractivity contribution in [2.24, 2.45) is 0 Å². The zero-order chi connectivity index (χ0) is 19.5. The quantitative estimate of drug-likeness (QED) is 0.637. The first-order valence-electron chi connectivity index (χ1n) is 9.25. The minimum absolute atomic E-state index is 0.153. The zero-order valence-electron chi connectivity index (χ0n) is 15.2. The number of carbonyl (C=O) groups excluding carboxylic acids is 3. The van der Waals surface area contributed by atoms with Crippen molar-refractivity contribution < 1.29 is 24.0 Å². The predicted octanol–water partition coefficient (Wildman–Crippen LogP) is 2.67. The Hall–Kier alpha value is -3.03. The first kappa shape index (κ1) is 18.3. The smallest absolute Gasteiger partial charge is 0.274 e. The summed E-state index contributed by atoms with van der Waals surface area (Å²) >= 11 is 0. The summed E-state index contributed by atoms with van der Waals surface area (Å²) in [6, 6.07) is 13.5. The molecule has 7 nitrogen and oxygen atoms in total. The molecule has 1 saturated heterocycles. The number of hydrogen-bond donors (Lipinski definition) is 1. The first-order chi connectivity index (χ1) is 13.6. The Bertz CT molecular complexity index is 868. The molecule has 0 bridgehead atoms. The molecule has 2 aromatic rings. The van der Waals surface area contributed by atoms with Crippen LogP contribution in [0.5, 0.6) is 0 Å². The van der Waals surface area contributed by atoms with Gasteiger partial charge < -0.3 is 4.74 Å². The van der Waals surface area contributed by atoms with Crippen molar-refractivity contribution in [1.29, 1.82) is 0 Å². The van der Waals surface area contributed by atoms with Gasteiger partial charge in [-0.3, -0.25) is 19.3 Å². The summed E-state index contributed by atoms with van der Waals surface area (Å²) < 4.78 is 5.40. The van der Waals surface area contributed by atoms with E-state index >= 15 is 0 Å². The van der Waals surface area contributed by atoms with Gasteiger partial charge in [0.25, 0.3) is 17.7 Å². The Labute approximate surface area is 162 Å². The second-order valence-electron chi connectivity index (χ2n) is 6.78. The standard InChI is InChI=1S/C21H20N2O5/c24-19(22-28-18-7-3-4-12-27-18)15-10-8-14(9-11-15)13-23-20(25)16-5-1-2-6-17(16)21(23)26/h1-2,5-6,8-11,18H,3-4,7,12-13H2,(H,22,24). The molecule has 2 aromatic carbocycles. The SMILES string of the molecule is O=C(NOC1CCCCO1)c1ccc(CN2C(=O)c3ccccc3C2=O)cc1. The molecule has 0 radical (unpaired) electrons. The van der Waals surface area contributed by atoms with Crippen LogP contribution >= 0.6 is 0 Å². The van der Waals surface area contributed by atoms with E-state index in [4.69, 9.17) is 9.57 Å². The van der Waals surface area contributed by atoms with Gasteiger partial charge in [-0.25, -0.2) is 10.3 Å². The monoisotopic (exact) mass is 380 g/mol. The van der Waals surface area contributed by atoms with Crippen LogP contribution < -0.4 is 5.48 Å². The second kappa shape index (κ2) is 7.92. The molecule has 7 heteroatoms. The fourth-order valence-corrected chi connectivity index (χ4v) is 3.31. The highest BCUT2D eigenvalue weighted by Crippen LogP contribution is 2.24. The average Bonchev–Trinajstić information content (AvgIpc) is 2.98. The van der Waals surface area contributed by atoms with E-state index < -0.39 is 6.29 Å². The van der Waals surface area contributed by atoms with Crippen LogP contribution in [0.1, 0.15) is 55.9 Å². The molecule has 0 spiro atoms. The minimum Gasteiger partial charge on any atom is -0.350 e. The van der Waals surface area contributed by atoms with Crippen molar-refractivity contribution in [3.05, 3.63) is 70.8 Å². The number of amides is 3. The van der Waals surface area contributed by atoms with E-state index in [1.54, 1.807) is 48.5 Å². The van der Waals surface area contributed by atoms with Crippen LogP contribution in [0.4, 0.5) is 0 Å². The summed E-state index contributed by atoms with van der Waals surface area (Å²) in [4.78, 5) is 43.5. The van der Waals surface area contributed by atoms with E-state index in [0.29, 0.717) is 23.3 Å². The van der Waals surface area contributed by atoms with Crippen molar-refractivity contribution in [2.45, 2.75) is 32.1 Å². The predicted molar refractivity (Wildman–Crippen MR) is 99.2 cm³/mol. The van der Waals surface area contributed by atoms with E-state index in [1.165, 1.54) is 4.90 Å². The molecule has 1 fully saturated rings. The Balaban J connectivity index is 1.36. The van der Waals surface area contributed by atoms with E-state index in [0.717, 1.165) is 24.8 Å². The summed E-state index contributed by atoms with van der Waals surface area (Å²) in [6.45, 7) is 0.785. The molecule has 2 aliphatic rings.